The van der Waals surface area contributed by atoms with E-state index in [-0.39, 0.29) is 38.5 Å². The van der Waals surface area contributed by atoms with Crippen molar-refractivity contribution in [3.63, 3.8) is 0 Å². The molecule has 0 amide bonds. The second-order valence-electron chi connectivity index (χ2n) is 5.08. The molecule has 0 aliphatic rings. The van der Waals surface area contributed by atoms with E-state index in [1.807, 2.05) is 30.8 Å². The van der Waals surface area contributed by atoms with Gasteiger partial charge in [0.2, 0.25) is 11.8 Å². The van der Waals surface area contributed by atoms with Gasteiger partial charge < -0.3 is 15.5 Å². The van der Waals surface area contributed by atoms with Crippen LogP contribution in [-0.2, 0) is 18.3 Å². The quantitative estimate of drug-likeness (QED) is 0.663. The number of benzene rings is 1. The summed E-state index contributed by atoms with van der Waals surface area (Å²) in [6.07, 6.45) is 1.58. The van der Waals surface area contributed by atoms with Crippen molar-refractivity contribution in [3.05, 3.63) is 41.1 Å². The Morgan fingerprint density at radius 2 is 2.04 bits per heavy atom. The zero-order valence-electron chi connectivity index (χ0n) is 14.4. The van der Waals surface area contributed by atoms with Crippen LogP contribution in [-0.4, -0.2) is 30.8 Å². The molecule has 0 saturated carbocycles. The molecule has 9 heteroatoms. The summed E-state index contributed by atoms with van der Waals surface area (Å²) >= 11 is 6.17. The molecule has 0 aliphatic carbocycles. The molecule has 2 heterocycles. The fourth-order valence-electron chi connectivity index (χ4n) is 2.13. The number of hydrogen-bond donors (Lipinski definition) is 1. The number of imidazole rings is 1. The van der Waals surface area contributed by atoms with Crippen LogP contribution in [0.25, 0.3) is 22.7 Å². The average Bonchev–Trinajstić information content (AvgIpc) is 3.05. The van der Waals surface area contributed by atoms with Gasteiger partial charge in [0.15, 0.2) is 0 Å². The molecule has 2 aromatic heterocycles. The number of hydrogen-bond acceptors (Lipinski definition) is 5. The molecule has 1 aromatic carbocycles. The Bertz CT molecular complexity index is 877. The molecule has 0 spiro atoms. The van der Waals surface area contributed by atoms with Gasteiger partial charge in [0, 0.05) is 29.4 Å². The van der Waals surface area contributed by atoms with Gasteiger partial charge >= 0.3 is 24.8 Å². The minimum Gasteiger partial charge on any atom is -1.00 e. The topological polar surface area (TPSA) is 94.0 Å². The molecule has 24 heavy (non-hydrogen) atoms. The third kappa shape index (κ3) is 3.87. The fraction of sp³-hybridized carbons (Fsp3) is 0.200. The number of halogens is 1. The van der Waals surface area contributed by atoms with Crippen LogP contribution in [0.4, 0.5) is 0 Å². The van der Waals surface area contributed by atoms with Crippen LogP contribution in [0.3, 0.4) is 0 Å². The predicted octanol–water partition coefficient (Wildman–Crippen LogP) is -0.157. The second-order valence-corrected chi connectivity index (χ2v) is 5.52. The minimum absolute atomic E-state index is 0. The first-order valence-corrected chi connectivity index (χ1v) is 7.15. The largest absolute Gasteiger partial charge is 1.00 e. The molecule has 3 aromatic rings. The zero-order valence-corrected chi connectivity index (χ0v) is 14.2. The van der Waals surface area contributed by atoms with Gasteiger partial charge in [0.1, 0.15) is 12.2 Å². The van der Waals surface area contributed by atoms with E-state index in [2.05, 4.69) is 15.2 Å². The number of carboxylic acid groups (broad SMARTS) is 1. The van der Waals surface area contributed by atoms with E-state index in [1.54, 1.807) is 12.1 Å². The maximum Gasteiger partial charge on any atom is 1.00 e. The zero-order chi connectivity index (χ0) is 16.6. The summed E-state index contributed by atoms with van der Waals surface area (Å²) in [6, 6.07) is 5.30. The Balaban J connectivity index is 0.00000156. The van der Waals surface area contributed by atoms with E-state index in [9.17, 15) is 4.79 Å². The Labute approximate surface area is 156 Å². The van der Waals surface area contributed by atoms with Crippen molar-refractivity contribution in [1.29, 1.82) is 0 Å². The van der Waals surface area contributed by atoms with Crippen molar-refractivity contribution < 1.29 is 34.6 Å². The van der Waals surface area contributed by atoms with Crippen molar-refractivity contribution in [3.8, 4) is 22.7 Å². The SMILES string of the molecule is Cc1nc(-c2cc(Cl)cc(-c3nnc(CC(=O)O)o3)c2)cn1C.[H-].[Li+]. The van der Waals surface area contributed by atoms with Gasteiger partial charge in [-0.05, 0) is 25.1 Å². The number of rotatable bonds is 4. The van der Waals surface area contributed by atoms with Crippen LogP contribution >= 0.6 is 11.6 Å². The fourth-order valence-corrected chi connectivity index (χ4v) is 2.37. The first-order chi connectivity index (χ1) is 10.9. The smallest absolute Gasteiger partial charge is 1.00 e. The number of nitrogens with zero attached hydrogens (tertiary/aromatic N) is 4. The van der Waals surface area contributed by atoms with E-state index in [0.717, 1.165) is 17.1 Å². The molecule has 0 bridgehead atoms. The van der Waals surface area contributed by atoms with Gasteiger partial charge in [0.05, 0.1) is 5.69 Å². The van der Waals surface area contributed by atoms with E-state index in [1.165, 1.54) is 0 Å². The first-order valence-electron chi connectivity index (χ1n) is 6.78. The summed E-state index contributed by atoms with van der Waals surface area (Å²) in [4.78, 5) is 15.1. The molecular weight excluding hydrogens is 327 g/mol. The van der Waals surface area contributed by atoms with E-state index >= 15 is 0 Å². The molecule has 0 unspecified atom stereocenters. The van der Waals surface area contributed by atoms with Crippen molar-refractivity contribution >= 4 is 17.6 Å². The molecule has 0 atom stereocenters. The van der Waals surface area contributed by atoms with E-state index < -0.39 is 5.97 Å². The molecule has 0 saturated heterocycles. The van der Waals surface area contributed by atoms with Crippen LogP contribution < -0.4 is 18.9 Å². The van der Waals surface area contributed by atoms with Crippen molar-refractivity contribution in [1.82, 2.24) is 19.7 Å². The molecule has 0 aliphatic heterocycles. The summed E-state index contributed by atoms with van der Waals surface area (Å²) in [5.74, 6) is 0.111. The molecule has 0 radical (unpaired) electrons. The van der Waals surface area contributed by atoms with Crippen LogP contribution in [0, 0.1) is 6.92 Å². The van der Waals surface area contributed by atoms with E-state index in [0.29, 0.717) is 10.6 Å². The third-order valence-electron chi connectivity index (χ3n) is 3.32. The van der Waals surface area contributed by atoms with Gasteiger partial charge in [-0.25, -0.2) is 4.98 Å². The maximum atomic E-state index is 10.7. The van der Waals surface area contributed by atoms with Crippen LogP contribution in [0.2, 0.25) is 5.02 Å². The Kier molecular flexibility index (Phi) is 5.50. The summed E-state index contributed by atoms with van der Waals surface area (Å²) < 4.78 is 7.28. The van der Waals surface area contributed by atoms with Crippen molar-refractivity contribution in [2.75, 3.05) is 0 Å². The molecule has 0 fully saturated rings. The van der Waals surface area contributed by atoms with Crippen LogP contribution in [0.5, 0.6) is 0 Å². The van der Waals surface area contributed by atoms with Gasteiger partial charge in [0.25, 0.3) is 0 Å². The standard InChI is InChI=1S/C15H13ClN4O3.Li.H/c1-8-17-12(7-20(8)2)9-3-10(5-11(16)4-9)15-19-18-13(23-15)6-14(21)22;;/h3-5,7H,6H2,1-2H3,(H,21,22);;/q;+1;-1. The summed E-state index contributed by atoms with van der Waals surface area (Å²) in [5.41, 5.74) is 2.20. The monoisotopic (exact) mass is 340 g/mol. The molecule has 120 valence electrons. The Hall–Kier alpha value is -2.07. The molecule has 3 rings (SSSR count). The van der Waals surface area contributed by atoms with E-state index in [4.69, 9.17) is 21.1 Å². The van der Waals surface area contributed by atoms with Crippen LogP contribution in [0.15, 0.2) is 28.8 Å². The number of carboxylic acids is 1. The predicted molar refractivity (Wildman–Crippen MR) is 84.1 cm³/mol. The van der Waals surface area contributed by atoms with Gasteiger partial charge in [-0.2, -0.15) is 0 Å². The normalized spacial score (nSPS) is 10.5. The molecule has 7 nitrogen and oxygen atoms in total. The number of aryl methyl sites for hydroxylation is 2. The third-order valence-corrected chi connectivity index (χ3v) is 3.54. The van der Waals surface area contributed by atoms with Crippen molar-refractivity contribution in [2.24, 2.45) is 7.05 Å². The van der Waals surface area contributed by atoms with Gasteiger partial charge in [-0.1, -0.05) is 11.6 Å². The summed E-state index contributed by atoms with van der Waals surface area (Å²) in [6.45, 7) is 1.91. The number of carbonyl (C=O) groups is 1. The van der Waals surface area contributed by atoms with Crippen molar-refractivity contribution in [2.45, 2.75) is 13.3 Å². The van der Waals surface area contributed by atoms with Gasteiger partial charge in [-0.3, -0.25) is 4.79 Å². The number of aliphatic carboxylic acids is 1. The second kappa shape index (κ2) is 7.22. The van der Waals surface area contributed by atoms with Gasteiger partial charge in [-0.15, -0.1) is 10.2 Å². The van der Waals surface area contributed by atoms with Crippen LogP contribution in [0.1, 0.15) is 13.1 Å². The Morgan fingerprint density at radius 3 is 2.67 bits per heavy atom. The summed E-state index contributed by atoms with van der Waals surface area (Å²) in [7, 11) is 1.91. The summed E-state index contributed by atoms with van der Waals surface area (Å²) in [5, 5.41) is 16.8. The first kappa shape index (κ1) is 18.3. The maximum absolute atomic E-state index is 10.7. The molecular formula is C15H14ClLiN4O3. The minimum atomic E-state index is -1.03. The molecule has 1 N–H and O–H groups in total. The number of aromatic nitrogens is 4. The Morgan fingerprint density at radius 1 is 1.33 bits per heavy atom. The average molecular weight is 341 g/mol.